The van der Waals surface area contributed by atoms with Gasteiger partial charge < -0.3 is 9.16 Å². The summed E-state index contributed by atoms with van der Waals surface area (Å²) in [6.45, 7) is 9.17. The number of non-ortho nitro benzene ring substituents is 1. The molecule has 186 valence electrons. The Kier molecular flexibility index (Phi) is 8.80. The zero-order valence-corrected chi connectivity index (χ0v) is 21.9. The van der Waals surface area contributed by atoms with Crippen molar-refractivity contribution in [2.45, 2.75) is 58.1 Å². The Balaban J connectivity index is 1.68. The van der Waals surface area contributed by atoms with Crippen molar-refractivity contribution >= 4 is 24.4 Å². The van der Waals surface area contributed by atoms with Gasteiger partial charge in [0.05, 0.1) is 17.6 Å². The molecule has 0 radical (unpaired) electrons. The van der Waals surface area contributed by atoms with Crippen molar-refractivity contribution in [3.05, 3.63) is 94.8 Å². The van der Waals surface area contributed by atoms with Gasteiger partial charge in [-0.15, -0.1) is 0 Å². The number of unbranched alkanes of at least 4 members (excludes halogenated alkanes) is 1. The maximum absolute atomic E-state index is 13.9. The maximum atomic E-state index is 13.9. The molecule has 1 atom stereocenters. The minimum Gasteiger partial charge on any atom is -0.490 e. The van der Waals surface area contributed by atoms with Gasteiger partial charge in [0.15, 0.2) is 11.6 Å². The van der Waals surface area contributed by atoms with Crippen molar-refractivity contribution in [1.29, 1.82) is 0 Å². The zero-order valence-electron chi connectivity index (χ0n) is 20.9. The summed E-state index contributed by atoms with van der Waals surface area (Å²) in [6, 6.07) is 24.4. The van der Waals surface area contributed by atoms with Crippen LogP contribution < -0.4 is 15.1 Å². The highest BCUT2D eigenvalue weighted by atomic mass is 28.4. The van der Waals surface area contributed by atoms with Crippen molar-refractivity contribution in [2.75, 3.05) is 6.61 Å². The molecule has 5 nitrogen and oxygen atoms in total. The van der Waals surface area contributed by atoms with Crippen LogP contribution in [0.5, 0.6) is 5.75 Å². The fourth-order valence-corrected chi connectivity index (χ4v) is 9.22. The van der Waals surface area contributed by atoms with Crippen molar-refractivity contribution in [3.63, 3.8) is 0 Å². The van der Waals surface area contributed by atoms with Gasteiger partial charge in [0.2, 0.25) is 0 Å². The van der Waals surface area contributed by atoms with Crippen molar-refractivity contribution in [1.82, 2.24) is 0 Å². The summed E-state index contributed by atoms with van der Waals surface area (Å²) in [5.41, 5.74) is -0.186. The lowest BCUT2D eigenvalue weighted by Gasteiger charge is -2.44. The van der Waals surface area contributed by atoms with Gasteiger partial charge in [-0.3, -0.25) is 10.1 Å². The SMILES string of the molecule is CC(CCCCOc1cc([N+](=O)[O-])ccc1F)O[Si](c1ccccc1)(c1ccccc1)C(C)(C)C. The maximum Gasteiger partial charge on any atom is 0.273 e. The Labute approximate surface area is 208 Å². The van der Waals surface area contributed by atoms with Crippen LogP contribution in [-0.2, 0) is 4.43 Å². The van der Waals surface area contributed by atoms with Gasteiger partial charge in [-0.1, -0.05) is 81.4 Å². The molecular weight excluding hydrogens is 461 g/mol. The standard InChI is InChI=1S/C28H34FNO4Si/c1-22(13-11-12-20-33-27-21-23(30(31)32)18-19-26(27)29)34-35(28(2,3)4,24-14-7-5-8-15-24)25-16-9-6-10-17-25/h5-10,14-19,21-22H,11-13,20H2,1-4H3. The molecule has 7 heteroatoms. The number of hydrogen-bond acceptors (Lipinski definition) is 4. The van der Waals surface area contributed by atoms with Gasteiger partial charge in [-0.25, -0.2) is 4.39 Å². The summed E-state index contributed by atoms with van der Waals surface area (Å²) in [6.07, 6.45) is 2.36. The van der Waals surface area contributed by atoms with E-state index in [1.54, 1.807) is 0 Å². The average molecular weight is 496 g/mol. The number of nitro benzene ring substituents is 1. The molecule has 0 aliphatic carbocycles. The predicted molar refractivity (Wildman–Crippen MR) is 141 cm³/mol. The number of benzene rings is 3. The number of nitrogens with zero attached hydrogens (tertiary/aromatic N) is 1. The molecule has 0 spiro atoms. The quantitative estimate of drug-likeness (QED) is 0.137. The smallest absolute Gasteiger partial charge is 0.273 e. The van der Waals surface area contributed by atoms with Crippen molar-refractivity contribution < 1.29 is 18.5 Å². The highest BCUT2D eigenvalue weighted by Gasteiger charge is 2.50. The molecule has 0 bridgehead atoms. The summed E-state index contributed by atoms with van der Waals surface area (Å²) in [4.78, 5) is 10.4. The second-order valence-electron chi connectivity index (χ2n) is 9.81. The highest BCUT2D eigenvalue weighted by Crippen LogP contribution is 2.38. The number of ether oxygens (including phenoxy) is 1. The number of nitro groups is 1. The summed E-state index contributed by atoms with van der Waals surface area (Å²) in [7, 11) is -2.60. The number of rotatable bonds is 11. The molecule has 0 aliphatic heterocycles. The van der Waals surface area contributed by atoms with Crippen LogP contribution in [-0.4, -0.2) is 26.0 Å². The number of halogens is 1. The lowest BCUT2D eigenvalue weighted by atomic mass is 10.2. The Morgan fingerprint density at radius 2 is 1.51 bits per heavy atom. The van der Waals surface area contributed by atoms with Gasteiger partial charge in [-0.05, 0) is 47.7 Å². The lowest BCUT2D eigenvalue weighted by molar-refractivity contribution is -0.385. The topological polar surface area (TPSA) is 61.6 Å². The van der Waals surface area contributed by atoms with E-state index in [-0.39, 0.29) is 29.2 Å². The third kappa shape index (κ3) is 6.35. The van der Waals surface area contributed by atoms with Crippen LogP contribution in [0.3, 0.4) is 0 Å². The van der Waals surface area contributed by atoms with E-state index in [1.807, 2.05) is 12.1 Å². The highest BCUT2D eigenvalue weighted by molar-refractivity contribution is 6.99. The van der Waals surface area contributed by atoms with E-state index in [0.717, 1.165) is 31.0 Å². The average Bonchev–Trinajstić information content (AvgIpc) is 2.83. The van der Waals surface area contributed by atoms with Crippen LogP contribution in [0.15, 0.2) is 78.9 Å². The second-order valence-corrected chi connectivity index (χ2v) is 14.1. The van der Waals surface area contributed by atoms with Gasteiger partial charge in [0, 0.05) is 12.2 Å². The Bertz CT molecular complexity index is 1060. The van der Waals surface area contributed by atoms with Gasteiger partial charge in [0.1, 0.15) is 0 Å². The summed E-state index contributed by atoms with van der Waals surface area (Å²) in [5.74, 6) is -0.685. The van der Waals surface area contributed by atoms with Crippen molar-refractivity contribution in [3.8, 4) is 5.75 Å². The first-order chi connectivity index (χ1) is 16.6. The van der Waals surface area contributed by atoms with E-state index >= 15 is 0 Å². The molecule has 1 unspecified atom stereocenters. The molecule has 0 amide bonds. The normalized spacial score (nSPS) is 12.8. The molecule has 35 heavy (non-hydrogen) atoms. The molecule has 0 saturated heterocycles. The molecular formula is C28H34FNO4Si. The van der Waals surface area contributed by atoms with E-state index in [1.165, 1.54) is 10.4 Å². The molecule has 0 aliphatic rings. The first-order valence-electron chi connectivity index (χ1n) is 12.0. The monoisotopic (exact) mass is 495 g/mol. The third-order valence-electron chi connectivity index (χ3n) is 6.18. The molecule has 3 aromatic rings. The molecule has 3 rings (SSSR count). The van der Waals surface area contributed by atoms with Gasteiger partial charge >= 0.3 is 0 Å². The van der Waals surface area contributed by atoms with E-state index in [0.29, 0.717) is 6.42 Å². The Hall–Kier alpha value is -3.03. The van der Waals surface area contributed by atoms with Crippen LogP contribution >= 0.6 is 0 Å². The fraction of sp³-hybridized carbons (Fsp3) is 0.357. The van der Waals surface area contributed by atoms with Crippen molar-refractivity contribution in [2.24, 2.45) is 0 Å². The van der Waals surface area contributed by atoms with Crippen LogP contribution in [0.1, 0.15) is 47.0 Å². The Morgan fingerprint density at radius 3 is 2.03 bits per heavy atom. The third-order valence-corrected chi connectivity index (χ3v) is 11.3. The fourth-order valence-electron chi connectivity index (χ4n) is 4.48. The predicted octanol–water partition coefficient (Wildman–Crippen LogP) is 6.25. The first kappa shape index (κ1) is 26.6. The van der Waals surface area contributed by atoms with E-state index in [4.69, 9.17) is 9.16 Å². The molecule has 0 saturated carbocycles. The van der Waals surface area contributed by atoms with Crippen LogP contribution in [0, 0.1) is 15.9 Å². The molecule has 3 aromatic carbocycles. The minimum absolute atomic E-state index is 0.0100. The second kappa shape index (κ2) is 11.6. The number of hydrogen-bond donors (Lipinski definition) is 0. The van der Waals surface area contributed by atoms with Gasteiger partial charge in [0.25, 0.3) is 14.0 Å². The molecule has 0 heterocycles. The van der Waals surface area contributed by atoms with Gasteiger partial charge in [-0.2, -0.15) is 0 Å². The van der Waals surface area contributed by atoms with E-state index in [2.05, 4.69) is 76.2 Å². The Morgan fingerprint density at radius 1 is 0.943 bits per heavy atom. The molecule has 0 fully saturated rings. The summed E-state index contributed by atoms with van der Waals surface area (Å²) < 4.78 is 26.5. The van der Waals surface area contributed by atoms with Crippen LogP contribution in [0.4, 0.5) is 10.1 Å². The largest absolute Gasteiger partial charge is 0.490 e. The van der Waals surface area contributed by atoms with E-state index < -0.39 is 19.1 Å². The van der Waals surface area contributed by atoms with Crippen LogP contribution in [0.25, 0.3) is 0 Å². The lowest BCUT2D eigenvalue weighted by Crippen LogP contribution is -2.67. The molecule has 0 N–H and O–H groups in total. The van der Waals surface area contributed by atoms with Crippen LogP contribution in [0.2, 0.25) is 5.04 Å². The summed E-state index contributed by atoms with van der Waals surface area (Å²) in [5, 5.41) is 13.3. The zero-order chi connectivity index (χ0) is 25.5. The van der Waals surface area contributed by atoms with E-state index in [9.17, 15) is 14.5 Å². The first-order valence-corrected chi connectivity index (χ1v) is 13.9. The minimum atomic E-state index is -2.60. The molecule has 0 aromatic heterocycles. The summed E-state index contributed by atoms with van der Waals surface area (Å²) >= 11 is 0.